The summed E-state index contributed by atoms with van der Waals surface area (Å²) in [6.07, 6.45) is 2.25. The van der Waals surface area contributed by atoms with Gasteiger partial charge < -0.3 is 9.84 Å². The van der Waals surface area contributed by atoms with Crippen LogP contribution in [0.1, 0.15) is 24.5 Å². The number of carbonyl (C=O) groups is 1. The number of fused-ring (bicyclic) bond motifs is 1. The molecule has 1 N–H and O–H groups in total. The molecule has 0 saturated heterocycles. The van der Waals surface area contributed by atoms with Gasteiger partial charge in [0.1, 0.15) is 5.75 Å². The number of phenolic OH excluding ortho intramolecular Hbond substituents is 1. The normalized spacial score (nSPS) is 18.2. The van der Waals surface area contributed by atoms with Crippen LogP contribution in [0, 0.1) is 5.92 Å². The molecule has 1 aliphatic carbocycles. The number of rotatable bonds is 3. The van der Waals surface area contributed by atoms with Crippen LogP contribution in [0.2, 0.25) is 0 Å². The summed E-state index contributed by atoms with van der Waals surface area (Å²) in [7, 11) is 0. The van der Waals surface area contributed by atoms with Crippen LogP contribution in [0.4, 0.5) is 0 Å². The summed E-state index contributed by atoms with van der Waals surface area (Å²) in [4.78, 5) is 11.3. The van der Waals surface area contributed by atoms with Crippen molar-refractivity contribution in [1.29, 1.82) is 0 Å². The SMILES string of the molecule is CCOC(=O)C[C@H]1Cc2ccc(O)cc2C1. The zero-order valence-electron chi connectivity index (χ0n) is 9.40. The lowest BCUT2D eigenvalue weighted by Crippen LogP contribution is -2.11. The van der Waals surface area contributed by atoms with E-state index in [4.69, 9.17) is 4.74 Å². The topological polar surface area (TPSA) is 46.5 Å². The Kier molecular flexibility index (Phi) is 3.13. The van der Waals surface area contributed by atoms with Gasteiger partial charge in [-0.2, -0.15) is 0 Å². The van der Waals surface area contributed by atoms with Crippen molar-refractivity contribution in [2.75, 3.05) is 6.61 Å². The zero-order valence-corrected chi connectivity index (χ0v) is 9.40. The summed E-state index contributed by atoms with van der Waals surface area (Å²) < 4.78 is 4.94. The molecule has 16 heavy (non-hydrogen) atoms. The van der Waals surface area contributed by atoms with Gasteiger partial charge in [0.25, 0.3) is 0 Å². The van der Waals surface area contributed by atoms with Crippen LogP contribution in [-0.4, -0.2) is 17.7 Å². The maximum atomic E-state index is 11.3. The maximum Gasteiger partial charge on any atom is 0.306 e. The van der Waals surface area contributed by atoms with Gasteiger partial charge in [0.2, 0.25) is 0 Å². The van der Waals surface area contributed by atoms with E-state index in [0.29, 0.717) is 24.7 Å². The molecule has 2 rings (SSSR count). The Morgan fingerprint density at radius 1 is 1.44 bits per heavy atom. The molecule has 0 aliphatic heterocycles. The van der Waals surface area contributed by atoms with Crippen LogP contribution in [0.5, 0.6) is 5.75 Å². The third-order valence-corrected chi connectivity index (χ3v) is 2.97. The molecule has 0 amide bonds. The number of hydrogen-bond donors (Lipinski definition) is 1. The molecule has 1 aliphatic rings. The average molecular weight is 220 g/mol. The molecule has 1 aromatic rings. The largest absolute Gasteiger partial charge is 0.508 e. The van der Waals surface area contributed by atoms with Gasteiger partial charge in [0.15, 0.2) is 0 Å². The van der Waals surface area contributed by atoms with Gasteiger partial charge in [-0.05, 0) is 48.9 Å². The molecule has 0 fully saturated rings. The highest BCUT2D eigenvalue weighted by Crippen LogP contribution is 2.31. The monoisotopic (exact) mass is 220 g/mol. The fourth-order valence-electron chi connectivity index (χ4n) is 2.30. The van der Waals surface area contributed by atoms with E-state index in [2.05, 4.69) is 0 Å². The van der Waals surface area contributed by atoms with Gasteiger partial charge in [-0.15, -0.1) is 0 Å². The van der Waals surface area contributed by atoms with E-state index in [1.807, 2.05) is 13.0 Å². The first kappa shape index (κ1) is 11.0. The van der Waals surface area contributed by atoms with Crippen LogP contribution in [0.15, 0.2) is 18.2 Å². The van der Waals surface area contributed by atoms with E-state index >= 15 is 0 Å². The van der Waals surface area contributed by atoms with E-state index in [-0.39, 0.29) is 5.97 Å². The van der Waals surface area contributed by atoms with Crippen molar-refractivity contribution in [3.05, 3.63) is 29.3 Å². The molecule has 0 spiro atoms. The minimum atomic E-state index is -0.121. The zero-order chi connectivity index (χ0) is 11.5. The summed E-state index contributed by atoms with van der Waals surface area (Å²) in [6.45, 7) is 2.26. The Hall–Kier alpha value is -1.51. The Balaban J connectivity index is 1.97. The van der Waals surface area contributed by atoms with Crippen LogP contribution < -0.4 is 0 Å². The number of esters is 1. The maximum absolute atomic E-state index is 11.3. The van der Waals surface area contributed by atoms with E-state index in [9.17, 15) is 9.90 Å². The Morgan fingerprint density at radius 3 is 2.94 bits per heavy atom. The van der Waals surface area contributed by atoms with Crippen LogP contribution >= 0.6 is 0 Å². The first-order valence-electron chi connectivity index (χ1n) is 5.65. The molecule has 1 atom stereocenters. The standard InChI is InChI=1S/C13H16O3/c1-2-16-13(15)7-9-5-10-3-4-12(14)8-11(10)6-9/h3-4,8-9,14H,2,5-7H2,1H3/t9-/m0/s1. The number of ether oxygens (including phenoxy) is 1. The van der Waals surface area contributed by atoms with Gasteiger partial charge in [-0.1, -0.05) is 6.07 Å². The molecular formula is C13H16O3. The fraction of sp³-hybridized carbons (Fsp3) is 0.462. The number of aromatic hydroxyl groups is 1. The summed E-state index contributed by atoms with van der Waals surface area (Å²) in [5.41, 5.74) is 2.40. The lowest BCUT2D eigenvalue weighted by atomic mass is 10.0. The summed E-state index contributed by atoms with van der Waals surface area (Å²) in [5.74, 6) is 0.510. The minimum Gasteiger partial charge on any atom is -0.508 e. The fourth-order valence-corrected chi connectivity index (χ4v) is 2.30. The highest BCUT2D eigenvalue weighted by atomic mass is 16.5. The lowest BCUT2D eigenvalue weighted by Gasteiger charge is -2.07. The van der Waals surface area contributed by atoms with Gasteiger partial charge >= 0.3 is 5.97 Å². The number of benzene rings is 1. The molecule has 0 heterocycles. The van der Waals surface area contributed by atoms with Gasteiger partial charge in [0.05, 0.1) is 6.61 Å². The second-order valence-electron chi connectivity index (χ2n) is 4.24. The minimum absolute atomic E-state index is 0.121. The average Bonchev–Trinajstić information content (AvgIpc) is 2.59. The highest BCUT2D eigenvalue weighted by Gasteiger charge is 2.24. The second-order valence-corrected chi connectivity index (χ2v) is 4.24. The van der Waals surface area contributed by atoms with Gasteiger partial charge in [-0.25, -0.2) is 0 Å². The molecule has 1 aromatic carbocycles. The van der Waals surface area contributed by atoms with E-state index in [1.165, 1.54) is 5.56 Å². The smallest absolute Gasteiger partial charge is 0.306 e. The van der Waals surface area contributed by atoms with Crippen LogP contribution in [-0.2, 0) is 22.4 Å². The number of hydrogen-bond acceptors (Lipinski definition) is 3. The van der Waals surface area contributed by atoms with E-state index in [1.54, 1.807) is 12.1 Å². The molecule has 0 saturated carbocycles. The Morgan fingerprint density at radius 2 is 2.19 bits per heavy atom. The molecule has 0 aromatic heterocycles. The highest BCUT2D eigenvalue weighted by molar-refractivity contribution is 5.70. The molecule has 3 heteroatoms. The Labute approximate surface area is 95.0 Å². The second kappa shape index (κ2) is 4.56. The number of carbonyl (C=O) groups excluding carboxylic acids is 1. The van der Waals surface area contributed by atoms with E-state index in [0.717, 1.165) is 18.4 Å². The third kappa shape index (κ3) is 2.35. The molecule has 3 nitrogen and oxygen atoms in total. The summed E-state index contributed by atoms with van der Waals surface area (Å²) in [6, 6.07) is 5.43. The van der Waals surface area contributed by atoms with Crippen LogP contribution in [0.25, 0.3) is 0 Å². The van der Waals surface area contributed by atoms with Crippen molar-refractivity contribution < 1.29 is 14.6 Å². The van der Waals surface area contributed by atoms with Crippen molar-refractivity contribution in [2.24, 2.45) is 5.92 Å². The first-order valence-corrected chi connectivity index (χ1v) is 5.65. The molecule has 0 radical (unpaired) electrons. The molecule has 0 unspecified atom stereocenters. The van der Waals surface area contributed by atoms with Crippen molar-refractivity contribution in [3.8, 4) is 5.75 Å². The first-order chi connectivity index (χ1) is 7.69. The van der Waals surface area contributed by atoms with Crippen LogP contribution in [0.3, 0.4) is 0 Å². The van der Waals surface area contributed by atoms with Crippen molar-refractivity contribution in [3.63, 3.8) is 0 Å². The predicted octanol–water partition coefficient (Wildman–Crippen LogP) is 2.06. The predicted molar refractivity (Wildman–Crippen MR) is 60.3 cm³/mol. The quantitative estimate of drug-likeness (QED) is 0.793. The third-order valence-electron chi connectivity index (χ3n) is 2.97. The van der Waals surface area contributed by atoms with Crippen molar-refractivity contribution in [1.82, 2.24) is 0 Å². The van der Waals surface area contributed by atoms with E-state index < -0.39 is 0 Å². The summed E-state index contributed by atoms with van der Waals surface area (Å²) >= 11 is 0. The van der Waals surface area contributed by atoms with Gasteiger partial charge in [-0.3, -0.25) is 4.79 Å². The Bertz CT molecular complexity index is 398. The molecular weight excluding hydrogens is 204 g/mol. The summed E-state index contributed by atoms with van der Waals surface area (Å²) in [5, 5.41) is 9.36. The number of phenols is 1. The molecule has 0 bridgehead atoms. The molecule has 86 valence electrons. The van der Waals surface area contributed by atoms with Crippen molar-refractivity contribution >= 4 is 5.97 Å². The van der Waals surface area contributed by atoms with Crippen molar-refractivity contribution in [2.45, 2.75) is 26.2 Å². The lowest BCUT2D eigenvalue weighted by molar-refractivity contribution is -0.144. The van der Waals surface area contributed by atoms with Gasteiger partial charge in [0, 0.05) is 6.42 Å².